The van der Waals surface area contributed by atoms with Gasteiger partial charge in [0.2, 0.25) is 11.8 Å². The molecular weight excluding hydrogens is 452 g/mol. The van der Waals surface area contributed by atoms with Crippen molar-refractivity contribution in [2.24, 2.45) is 5.92 Å². The van der Waals surface area contributed by atoms with Gasteiger partial charge in [-0.3, -0.25) is 14.9 Å². The summed E-state index contributed by atoms with van der Waals surface area (Å²) in [5.74, 6) is -1.86. The van der Waals surface area contributed by atoms with E-state index < -0.39 is 35.9 Å². The highest BCUT2D eigenvalue weighted by atomic mass is 19.4. The Morgan fingerprint density at radius 1 is 1.06 bits per heavy atom. The van der Waals surface area contributed by atoms with Crippen molar-refractivity contribution in [2.45, 2.75) is 45.5 Å². The monoisotopic (exact) mass is 478 g/mol. The lowest BCUT2D eigenvalue weighted by molar-refractivity contribution is -0.161. The number of alkyl halides is 3. The normalized spacial score (nSPS) is 13.1. The minimum atomic E-state index is -4.70. The molecule has 2 rings (SSSR count). The zero-order valence-corrected chi connectivity index (χ0v) is 19.0. The second kappa shape index (κ2) is 11.6. The van der Waals surface area contributed by atoms with Crippen LogP contribution in [0.3, 0.4) is 0 Å². The first kappa shape index (κ1) is 26.8. The molecule has 2 amide bonds. The van der Waals surface area contributed by atoms with Crippen LogP contribution in [0.5, 0.6) is 0 Å². The van der Waals surface area contributed by atoms with E-state index in [1.165, 1.54) is 43.3 Å². The fourth-order valence-corrected chi connectivity index (χ4v) is 3.41. The van der Waals surface area contributed by atoms with Gasteiger partial charge in [0.05, 0.1) is 17.8 Å². The lowest BCUT2D eigenvalue weighted by atomic mass is 9.97. The van der Waals surface area contributed by atoms with E-state index in [0.29, 0.717) is 11.1 Å². The number of halogens is 4. The van der Waals surface area contributed by atoms with Crippen molar-refractivity contribution in [3.8, 4) is 17.2 Å². The average Bonchev–Trinajstić information content (AvgIpc) is 2.75. The number of nitrogens with zero attached hydrogens (tertiary/aromatic N) is 1. The molecule has 2 atom stereocenters. The second-order valence-corrected chi connectivity index (χ2v) is 8.20. The first-order valence-electron chi connectivity index (χ1n) is 10.6. The average molecular weight is 478 g/mol. The highest BCUT2D eigenvalue weighted by Gasteiger charge is 2.42. The molecule has 0 aliphatic heterocycles. The molecule has 34 heavy (non-hydrogen) atoms. The molecule has 0 aliphatic rings. The van der Waals surface area contributed by atoms with E-state index in [-0.39, 0.29) is 30.1 Å². The fourth-order valence-electron chi connectivity index (χ4n) is 3.41. The maximum absolute atomic E-state index is 14.2. The van der Waals surface area contributed by atoms with E-state index in [0.717, 1.165) is 0 Å². The molecule has 0 aliphatic carbocycles. The zero-order valence-electron chi connectivity index (χ0n) is 19.0. The molecule has 0 aromatic heterocycles. The van der Waals surface area contributed by atoms with Gasteiger partial charge < -0.3 is 10.6 Å². The van der Waals surface area contributed by atoms with Crippen LogP contribution in [0.1, 0.15) is 38.8 Å². The standard InChI is InChI=1S/C24H26F4N4O2/c1-14(2)12-21(23(34)30-11-10-29)32-22(24(26,27)28)17-6-4-16(5-7-17)18-8-9-20(19(25)13-18)31-15(3)33/h4-9,13-14,21-22,32H,11-12H2,1-3H3,(H,30,34)(H,31,33)/t21-,22-/m0/s1. The molecule has 182 valence electrons. The van der Waals surface area contributed by atoms with Crippen LogP contribution in [0.15, 0.2) is 42.5 Å². The van der Waals surface area contributed by atoms with Gasteiger partial charge in [-0.2, -0.15) is 18.4 Å². The Labute approximate surface area is 195 Å². The lowest BCUT2D eigenvalue weighted by Crippen LogP contribution is -2.49. The van der Waals surface area contributed by atoms with E-state index >= 15 is 0 Å². The molecule has 2 aromatic rings. The predicted octanol–water partition coefficient (Wildman–Crippen LogP) is 4.70. The van der Waals surface area contributed by atoms with Crippen molar-refractivity contribution in [3.05, 3.63) is 53.8 Å². The molecule has 3 N–H and O–H groups in total. The van der Waals surface area contributed by atoms with Crippen LogP contribution < -0.4 is 16.0 Å². The molecule has 0 unspecified atom stereocenters. The third-order valence-corrected chi connectivity index (χ3v) is 4.92. The summed E-state index contributed by atoms with van der Waals surface area (Å²) in [5, 5.41) is 15.7. The summed E-state index contributed by atoms with van der Waals surface area (Å²) in [6.07, 6.45) is -4.56. The molecule has 0 saturated carbocycles. The molecule has 0 fully saturated rings. The minimum Gasteiger partial charge on any atom is -0.342 e. The molecule has 2 aromatic carbocycles. The van der Waals surface area contributed by atoms with E-state index in [1.807, 2.05) is 0 Å². The van der Waals surface area contributed by atoms with Crippen LogP contribution in [0.2, 0.25) is 0 Å². The first-order valence-corrected chi connectivity index (χ1v) is 10.6. The number of carbonyl (C=O) groups is 2. The SMILES string of the molecule is CC(=O)Nc1ccc(-c2ccc([C@H](N[C@@H](CC(C)C)C(=O)NCC#N)C(F)(F)F)cc2)cc1F. The Morgan fingerprint density at radius 3 is 2.18 bits per heavy atom. The van der Waals surface area contributed by atoms with Gasteiger partial charge in [-0.25, -0.2) is 4.39 Å². The van der Waals surface area contributed by atoms with Gasteiger partial charge in [-0.1, -0.05) is 44.2 Å². The number of nitrogens with one attached hydrogen (secondary N) is 3. The van der Waals surface area contributed by atoms with E-state index in [2.05, 4.69) is 16.0 Å². The van der Waals surface area contributed by atoms with Crippen LogP contribution in [0.4, 0.5) is 23.2 Å². The lowest BCUT2D eigenvalue weighted by Gasteiger charge is -2.28. The number of anilines is 1. The summed E-state index contributed by atoms with van der Waals surface area (Å²) in [5.41, 5.74) is 0.778. The first-order chi connectivity index (χ1) is 15.9. The quantitative estimate of drug-likeness (QED) is 0.360. The maximum Gasteiger partial charge on any atom is 0.407 e. The van der Waals surface area contributed by atoms with E-state index in [9.17, 15) is 27.2 Å². The fraction of sp³-hybridized carbons (Fsp3) is 0.375. The topological polar surface area (TPSA) is 94.0 Å². The summed E-state index contributed by atoms with van der Waals surface area (Å²) < 4.78 is 56.0. The van der Waals surface area contributed by atoms with Crippen LogP contribution in [-0.4, -0.2) is 30.6 Å². The van der Waals surface area contributed by atoms with E-state index in [4.69, 9.17) is 5.26 Å². The Balaban J connectivity index is 2.31. The Hall–Kier alpha value is -3.45. The second-order valence-electron chi connectivity index (χ2n) is 8.20. The molecule has 0 saturated heterocycles. The predicted molar refractivity (Wildman–Crippen MR) is 120 cm³/mol. The molecular formula is C24H26F4N4O2. The van der Waals surface area contributed by atoms with Gasteiger partial charge in [0.25, 0.3) is 0 Å². The number of nitriles is 1. The van der Waals surface area contributed by atoms with Crippen LogP contribution in [-0.2, 0) is 9.59 Å². The van der Waals surface area contributed by atoms with Crippen LogP contribution >= 0.6 is 0 Å². The Morgan fingerprint density at radius 2 is 1.68 bits per heavy atom. The molecule has 0 radical (unpaired) electrons. The summed E-state index contributed by atoms with van der Waals surface area (Å²) in [4.78, 5) is 23.5. The number of hydrogen-bond donors (Lipinski definition) is 3. The highest BCUT2D eigenvalue weighted by molar-refractivity contribution is 5.89. The summed E-state index contributed by atoms with van der Waals surface area (Å²) >= 11 is 0. The van der Waals surface area contributed by atoms with Gasteiger partial charge >= 0.3 is 6.18 Å². The van der Waals surface area contributed by atoms with Crippen molar-refractivity contribution in [2.75, 3.05) is 11.9 Å². The summed E-state index contributed by atoms with van der Waals surface area (Å²) in [6, 6.07) is 7.92. The number of amides is 2. The zero-order chi connectivity index (χ0) is 25.5. The Bertz CT molecular complexity index is 1050. The van der Waals surface area contributed by atoms with Crippen molar-refractivity contribution < 1.29 is 27.2 Å². The number of benzene rings is 2. The smallest absolute Gasteiger partial charge is 0.342 e. The third kappa shape index (κ3) is 7.56. The van der Waals surface area contributed by atoms with Crippen LogP contribution in [0.25, 0.3) is 11.1 Å². The van der Waals surface area contributed by atoms with E-state index in [1.54, 1.807) is 26.0 Å². The largest absolute Gasteiger partial charge is 0.407 e. The summed E-state index contributed by atoms with van der Waals surface area (Å²) in [7, 11) is 0. The van der Waals surface area contributed by atoms with Crippen molar-refractivity contribution in [1.82, 2.24) is 10.6 Å². The number of carbonyl (C=O) groups excluding carboxylic acids is 2. The minimum absolute atomic E-state index is 0.0000690. The van der Waals surface area contributed by atoms with Gasteiger partial charge in [0.15, 0.2) is 0 Å². The van der Waals surface area contributed by atoms with Gasteiger partial charge in [-0.05, 0) is 41.2 Å². The molecule has 0 spiro atoms. The van der Waals surface area contributed by atoms with Gasteiger partial charge in [0, 0.05) is 6.92 Å². The molecule has 0 heterocycles. The molecule has 6 nitrogen and oxygen atoms in total. The van der Waals surface area contributed by atoms with Gasteiger partial charge in [0.1, 0.15) is 18.4 Å². The summed E-state index contributed by atoms with van der Waals surface area (Å²) in [6.45, 7) is 4.49. The van der Waals surface area contributed by atoms with Gasteiger partial charge in [-0.15, -0.1) is 0 Å². The molecule has 0 bridgehead atoms. The molecule has 10 heteroatoms. The number of rotatable bonds is 9. The maximum atomic E-state index is 14.2. The highest BCUT2D eigenvalue weighted by Crippen LogP contribution is 2.35. The van der Waals surface area contributed by atoms with Crippen molar-refractivity contribution in [1.29, 1.82) is 5.26 Å². The Kier molecular flexibility index (Phi) is 9.15. The van der Waals surface area contributed by atoms with Crippen LogP contribution in [0, 0.1) is 23.1 Å². The third-order valence-electron chi connectivity index (χ3n) is 4.92. The van der Waals surface area contributed by atoms with Crippen molar-refractivity contribution >= 4 is 17.5 Å². The number of hydrogen-bond acceptors (Lipinski definition) is 4. The van der Waals surface area contributed by atoms with Crippen molar-refractivity contribution in [3.63, 3.8) is 0 Å².